The topological polar surface area (TPSA) is 95.7 Å². The molecule has 0 atom stereocenters. The van der Waals surface area contributed by atoms with Gasteiger partial charge in [0, 0.05) is 28.7 Å². The number of fused-ring (bicyclic) bond motifs is 1. The normalized spacial score (nSPS) is 15.2. The second kappa shape index (κ2) is 7.98. The lowest BCUT2D eigenvalue weighted by Gasteiger charge is -2.20. The van der Waals surface area contributed by atoms with E-state index in [0.717, 1.165) is 35.4 Å². The van der Waals surface area contributed by atoms with Crippen LogP contribution in [0.25, 0.3) is 0 Å². The van der Waals surface area contributed by atoms with Crippen LogP contribution in [0.1, 0.15) is 71.4 Å². The van der Waals surface area contributed by atoms with E-state index in [1.54, 1.807) is 24.3 Å². The molecule has 7 nitrogen and oxygen atoms in total. The van der Waals surface area contributed by atoms with Crippen LogP contribution < -0.4 is 16.3 Å². The lowest BCUT2D eigenvalue weighted by molar-refractivity contribution is 0.0882. The molecule has 1 aromatic carbocycles. The highest BCUT2D eigenvalue weighted by atomic mass is 16.4. The molecule has 1 aliphatic carbocycles. The van der Waals surface area contributed by atoms with Gasteiger partial charge in [0.05, 0.1) is 5.71 Å². The zero-order valence-electron chi connectivity index (χ0n) is 16.7. The summed E-state index contributed by atoms with van der Waals surface area (Å²) in [4.78, 5) is 24.8. The van der Waals surface area contributed by atoms with Crippen LogP contribution in [0.15, 0.2) is 39.9 Å². The molecule has 0 aliphatic heterocycles. The summed E-state index contributed by atoms with van der Waals surface area (Å²) in [6.45, 7) is 7.70. The molecule has 28 heavy (non-hydrogen) atoms. The molecule has 7 heteroatoms. The van der Waals surface area contributed by atoms with Gasteiger partial charge in [-0.1, -0.05) is 18.2 Å². The number of hydrogen-bond acceptors (Lipinski definition) is 5. The molecule has 0 bridgehead atoms. The van der Waals surface area contributed by atoms with Gasteiger partial charge >= 0.3 is 5.91 Å². The van der Waals surface area contributed by atoms with Crippen LogP contribution in [0.3, 0.4) is 0 Å². The molecular weight excluding hydrogens is 356 g/mol. The maximum Gasteiger partial charge on any atom is 0.301 e. The first-order valence-electron chi connectivity index (χ1n) is 9.38. The summed E-state index contributed by atoms with van der Waals surface area (Å²) < 4.78 is 5.84. The molecule has 3 N–H and O–H groups in total. The minimum Gasteiger partial charge on any atom is -0.455 e. The van der Waals surface area contributed by atoms with Crippen molar-refractivity contribution in [2.24, 2.45) is 5.10 Å². The third-order valence-corrected chi connectivity index (χ3v) is 4.41. The van der Waals surface area contributed by atoms with E-state index in [0.29, 0.717) is 12.0 Å². The van der Waals surface area contributed by atoms with E-state index in [1.807, 2.05) is 33.8 Å². The minimum atomic E-state index is -0.325. The Morgan fingerprint density at radius 1 is 1.07 bits per heavy atom. The standard InChI is InChI=1S/C21H26N4O3/c1-13-17-15(22-23-19(26)14-9-6-5-7-10-14)11-8-12-16(17)28-18(13)20(27)24-25-21(2,3)4/h5-7,9-10,25H,8,11-12H2,1-4H3,(H,23,26)(H,24,27)/b22-15+. The van der Waals surface area contributed by atoms with Crippen molar-refractivity contribution in [2.75, 3.05) is 0 Å². The second-order valence-corrected chi connectivity index (χ2v) is 7.90. The lowest BCUT2D eigenvalue weighted by Crippen LogP contribution is -2.48. The molecule has 1 heterocycles. The summed E-state index contributed by atoms with van der Waals surface area (Å²) in [6, 6.07) is 8.92. The van der Waals surface area contributed by atoms with Gasteiger partial charge in [0.15, 0.2) is 5.76 Å². The Hall–Kier alpha value is -2.93. The third-order valence-electron chi connectivity index (χ3n) is 4.41. The van der Waals surface area contributed by atoms with E-state index in [9.17, 15) is 9.59 Å². The molecule has 1 aliphatic rings. The molecule has 0 radical (unpaired) electrons. The van der Waals surface area contributed by atoms with Crippen molar-refractivity contribution in [3.8, 4) is 0 Å². The number of nitrogens with one attached hydrogen (secondary N) is 3. The Kier molecular flexibility index (Phi) is 5.65. The number of rotatable bonds is 4. The van der Waals surface area contributed by atoms with E-state index < -0.39 is 0 Å². The average molecular weight is 382 g/mol. The first-order valence-corrected chi connectivity index (χ1v) is 9.38. The molecule has 3 rings (SSSR count). The lowest BCUT2D eigenvalue weighted by atomic mass is 9.93. The van der Waals surface area contributed by atoms with Crippen molar-refractivity contribution in [2.45, 2.75) is 52.5 Å². The van der Waals surface area contributed by atoms with Crippen molar-refractivity contribution in [1.82, 2.24) is 16.3 Å². The predicted molar refractivity (Wildman–Crippen MR) is 107 cm³/mol. The van der Waals surface area contributed by atoms with Crippen molar-refractivity contribution >= 4 is 17.5 Å². The summed E-state index contributed by atoms with van der Waals surface area (Å²) in [5.41, 5.74) is 10.8. The molecular formula is C21H26N4O3. The SMILES string of the molecule is Cc1c(C(=O)NNC(C)(C)C)oc2c1/C(=N/NC(=O)c1ccccc1)CCC2. The molecule has 0 fully saturated rings. The Balaban J connectivity index is 1.81. The van der Waals surface area contributed by atoms with Crippen molar-refractivity contribution < 1.29 is 14.0 Å². The minimum absolute atomic E-state index is 0.260. The maximum atomic E-state index is 12.5. The van der Waals surface area contributed by atoms with Gasteiger partial charge in [-0.3, -0.25) is 15.0 Å². The summed E-state index contributed by atoms with van der Waals surface area (Å²) in [6.07, 6.45) is 2.30. The Morgan fingerprint density at radius 2 is 1.79 bits per heavy atom. The van der Waals surface area contributed by atoms with Crippen molar-refractivity contribution in [3.05, 3.63) is 58.5 Å². The van der Waals surface area contributed by atoms with Crippen LogP contribution in [0.4, 0.5) is 0 Å². The number of aryl methyl sites for hydroxylation is 1. The van der Waals surface area contributed by atoms with Gasteiger partial charge in [-0.05, 0) is 52.7 Å². The summed E-state index contributed by atoms with van der Waals surface area (Å²) in [5, 5.41) is 4.33. The zero-order chi connectivity index (χ0) is 20.3. The second-order valence-electron chi connectivity index (χ2n) is 7.90. The molecule has 0 saturated carbocycles. The smallest absolute Gasteiger partial charge is 0.301 e. The van der Waals surface area contributed by atoms with Gasteiger partial charge in [-0.25, -0.2) is 10.9 Å². The number of furan rings is 1. The number of benzene rings is 1. The molecule has 148 valence electrons. The molecule has 1 aromatic heterocycles. The summed E-state index contributed by atoms with van der Waals surface area (Å²) in [5.74, 6) is 0.409. The van der Waals surface area contributed by atoms with Crippen LogP contribution in [0.2, 0.25) is 0 Å². The average Bonchev–Trinajstić information content (AvgIpc) is 3.01. The summed E-state index contributed by atoms with van der Waals surface area (Å²) in [7, 11) is 0. The van der Waals surface area contributed by atoms with E-state index in [-0.39, 0.29) is 23.1 Å². The van der Waals surface area contributed by atoms with Crippen LogP contribution in [-0.2, 0) is 6.42 Å². The van der Waals surface area contributed by atoms with E-state index in [2.05, 4.69) is 21.4 Å². The van der Waals surface area contributed by atoms with E-state index >= 15 is 0 Å². The Morgan fingerprint density at radius 3 is 2.46 bits per heavy atom. The van der Waals surface area contributed by atoms with Crippen molar-refractivity contribution in [3.63, 3.8) is 0 Å². The first kappa shape index (κ1) is 19.8. The fraction of sp³-hybridized carbons (Fsp3) is 0.381. The van der Waals surface area contributed by atoms with Gasteiger partial charge in [-0.2, -0.15) is 5.10 Å². The quantitative estimate of drug-likeness (QED) is 0.708. The third kappa shape index (κ3) is 4.48. The highest BCUT2D eigenvalue weighted by Gasteiger charge is 2.28. The molecule has 0 unspecified atom stereocenters. The number of carbonyl (C=O) groups excluding carboxylic acids is 2. The van der Waals surface area contributed by atoms with Crippen molar-refractivity contribution in [1.29, 1.82) is 0 Å². The van der Waals surface area contributed by atoms with Gasteiger partial charge in [0.1, 0.15) is 5.76 Å². The number of nitrogens with zero attached hydrogens (tertiary/aromatic N) is 1. The highest BCUT2D eigenvalue weighted by molar-refractivity contribution is 6.07. The van der Waals surface area contributed by atoms with E-state index in [1.165, 1.54) is 0 Å². The molecule has 2 amide bonds. The van der Waals surface area contributed by atoms with Gasteiger partial charge in [-0.15, -0.1) is 0 Å². The fourth-order valence-corrected chi connectivity index (χ4v) is 3.07. The maximum absolute atomic E-state index is 12.5. The van der Waals surface area contributed by atoms with Crippen LogP contribution in [-0.4, -0.2) is 23.1 Å². The van der Waals surface area contributed by atoms with Crippen LogP contribution >= 0.6 is 0 Å². The van der Waals surface area contributed by atoms with E-state index in [4.69, 9.17) is 4.42 Å². The number of carbonyl (C=O) groups is 2. The zero-order valence-corrected chi connectivity index (χ0v) is 16.7. The number of amides is 2. The number of hydrogen-bond donors (Lipinski definition) is 3. The van der Waals surface area contributed by atoms with Gasteiger partial charge in [0.2, 0.25) is 0 Å². The van der Waals surface area contributed by atoms with Gasteiger partial charge in [0.25, 0.3) is 5.91 Å². The molecule has 0 spiro atoms. The fourth-order valence-electron chi connectivity index (χ4n) is 3.07. The van der Waals surface area contributed by atoms with Crippen LogP contribution in [0.5, 0.6) is 0 Å². The largest absolute Gasteiger partial charge is 0.455 e. The highest BCUT2D eigenvalue weighted by Crippen LogP contribution is 2.29. The molecule has 2 aromatic rings. The summed E-state index contributed by atoms with van der Waals surface area (Å²) >= 11 is 0. The monoisotopic (exact) mass is 382 g/mol. The number of hydrazine groups is 1. The van der Waals surface area contributed by atoms with Gasteiger partial charge < -0.3 is 4.42 Å². The Labute approximate surface area is 164 Å². The number of hydrazone groups is 1. The predicted octanol–water partition coefficient (Wildman–Crippen LogP) is 3.09. The first-order chi connectivity index (χ1) is 13.3. The Bertz CT molecular complexity index is 908. The van der Waals surface area contributed by atoms with Crippen LogP contribution in [0, 0.1) is 6.92 Å². The molecule has 0 saturated heterocycles.